The van der Waals surface area contributed by atoms with E-state index >= 15 is 0 Å². The van der Waals surface area contributed by atoms with Crippen molar-refractivity contribution in [3.8, 4) is 0 Å². The van der Waals surface area contributed by atoms with E-state index in [1.807, 2.05) is 12.1 Å². The lowest BCUT2D eigenvalue weighted by molar-refractivity contribution is -0.116. The Hall–Kier alpha value is -1.39. The van der Waals surface area contributed by atoms with E-state index in [0.29, 0.717) is 6.42 Å². The van der Waals surface area contributed by atoms with E-state index in [2.05, 4.69) is 34.2 Å². The van der Waals surface area contributed by atoms with Crippen molar-refractivity contribution in [1.29, 1.82) is 0 Å². The summed E-state index contributed by atoms with van der Waals surface area (Å²) in [6.07, 6.45) is 6.82. The fourth-order valence-electron chi connectivity index (χ4n) is 3.88. The van der Waals surface area contributed by atoms with Crippen LogP contribution in [0.4, 0.5) is 5.69 Å². The number of amides is 1. The van der Waals surface area contributed by atoms with Gasteiger partial charge in [-0.2, -0.15) is 0 Å². The predicted molar refractivity (Wildman–Crippen MR) is 99.3 cm³/mol. The van der Waals surface area contributed by atoms with Crippen molar-refractivity contribution in [2.75, 3.05) is 38.0 Å². The molecule has 1 atom stereocenters. The molecule has 0 aliphatic carbocycles. The molecule has 24 heavy (non-hydrogen) atoms. The van der Waals surface area contributed by atoms with Crippen molar-refractivity contribution in [1.82, 2.24) is 9.80 Å². The monoisotopic (exact) mass is 329 g/mol. The van der Waals surface area contributed by atoms with Gasteiger partial charge in [0.1, 0.15) is 0 Å². The summed E-state index contributed by atoms with van der Waals surface area (Å²) in [6, 6.07) is 9.05. The standard InChI is InChI=1S/C20H31N3O/c1-2-3-5-17-7-9-18(10-8-17)21-20(24)11-13-22-14-15-23-12-4-6-19(23)16-22/h7-10,19H,2-6,11-16H2,1H3,(H,21,24). The number of aryl methyl sites for hydroxylation is 1. The minimum atomic E-state index is 0.130. The van der Waals surface area contributed by atoms with Crippen LogP contribution in [0, 0.1) is 0 Å². The molecule has 1 amide bonds. The van der Waals surface area contributed by atoms with Crippen LogP contribution in [0.2, 0.25) is 0 Å². The first-order valence-corrected chi connectivity index (χ1v) is 9.60. The highest BCUT2D eigenvalue weighted by atomic mass is 16.1. The molecule has 1 N–H and O–H groups in total. The van der Waals surface area contributed by atoms with Crippen LogP contribution in [0.25, 0.3) is 0 Å². The number of benzene rings is 1. The molecule has 4 heteroatoms. The van der Waals surface area contributed by atoms with Gasteiger partial charge >= 0.3 is 0 Å². The lowest BCUT2D eigenvalue weighted by Gasteiger charge is -2.37. The normalized spacial score (nSPS) is 21.6. The average Bonchev–Trinajstić information content (AvgIpc) is 3.07. The summed E-state index contributed by atoms with van der Waals surface area (Å²) in [5.74, 6) is 0.130. The molecule has 1 aromatic carbocycles. The summed E-state index contributed by atoms with van der Waals surface area (Å²) in [4.78, 5) is 17.3. The molecule has 4 nitrogen and oxygen atoms in total. The second-order valence-corrected chi connectivity index (χ2v) is 7.23. The molecule has 0 bridgehead atoms. The van der Waals surface area contributed by atoms with Gasteiger partial charge in [-0.1, -0.05) is 25.5 Å². The Morgan fingerprint density at radius 3 is 2.83 bits per heavy atom. The number of nitrogens with zero attached hydrogens (tertiary/aromatic N) is 2. The molecular formula is C20H31N3O. The highest BCUT2D eigenvalue weighted by Crippen LogP contribution is 2.21. The van der Waals surface area contributed by atoms with Crippen molar-refractivity contribution in [3.05, 3.63) is 29.8 Å². The number of piperazine rings is 1. The first-order chi connectivity index (χ1) is 11.7. The van der Waals surface area contributed by atoms with Crippen LogP contribution in [0.3, 0.4) is 0 Å². The largest absolute Gasteiger partial charge is 0.326 e. The van der Waals surface area contributed by atoms with Crippen LogP contribution in [0.1, 0.15) is 44.6 Å². The smallest absolute Gasteiger partial charge is 0.225 e. The molecule has 2 aliphatic heterocycles. The van der Waals surface area contributed by atoms with Crippen LogP contribution in [-0.2, 0) is 11.2 Å². The number of hydrogen-bond donors (Lipinski definition) is 1. The Morgan fingerprint density at radius 1 is 1.21 bits per heavy atom. The number of anilines is 1. The van der Waals surface area contributed by atoms with Crippen LogP contribution < -0.4 is 5.32 Å². The highest BCUT2D eigenvalue weighted by molar-refractivity contribution is 5.90. The number of carbonyl (C=O) groups excluding carboxylic acids is 1. The summed E-state index contributed by atoms with van der Waals surface area (Å²) in [5, 5.41) is 3.04. The summed E-state index contributed by atoms with van der Waals surface area (Å²) >= 11 is 0. The van der Waals surface area contributed by atoms with Gasteiger partial charge in [0.25, 0.3) is 0 Å². The van der Waals surface area contributed by atoms with Crippen LogP contribution in [-0.4, -0.2) is 54.5 Å². The van der Waals surface area contributed by atoms with E-state index < -0.39 is 0 Å². The second kappa shape index (κ2) is 8.63. The van der Waals surface area contributed by atoms with Crippen LogP contribution in [0.15, 0.2) is 24.3 Å². The Morgan fingerprint density at radius 2 is 2.04 bits per heavy atom. The Labute approximate surface area is 146 Å². The summed E-state index contributed by atoms with van der Waals surface area (Å²) < 4.78 is 0. The number of hydrogen-bond acceptors (Lipinski definition) is 3. The molecule has 0 aromatic heterocycles. The van der Waals surface area contributed by atoms with Gasteiger partial charge in [0.05, 0.1) is 0 Å². The van der Waals surface area contributed by atoms with Gasteiger partial charge in [-0.15, -0.1) is 0 Å². The topological polar surface area (TPSA) is 35.6 Å². The number of carbonyl (C=O) groups is 1. The van der Waals surface area contributed by atoms with Gasteiger partial charge in [-0.25, -0.2) is 0 Å². The molecule has 2 aliphatic rings. The lowest BCUT2D eigenvalue weighted by Crippen LogP contribution is -2.50. The highest BCUT2D eigenvalue weighted by Gasteiger charge is 2.30. The molecule has 2 saturated heterocycles. The van der Waals surface area contributed by atoms with E-state index in [0.717, 1.165) is 37.8 Å². The molecule has 3 rings (SSSR count). The first kappa shape index (κ1) is 17.4. The molecule has 0 spiro atoms. The predicted octanol–water partition coefficient (Wildman–Crippen LogP) is 3.14. The fourth-order valence-corrected chi connectivity index (χ4v) is 3.88. The zero-order valence-electron chi connectivity index (χ0n) is 15.0. The Kier molecular flexibility index (Phi) is 6.27. The maximum atomic E-state index is 12.2. The molecule has 1 aromatic rings. The third kappa shape index (κ3) is 4.81. The number of fused-ring (bicyclic) bond motifs is 1. The van der Waals surface area contributed by atoms with Gasteiger partial charge < -0.3 is 5.32 Å². The fraction of sp³-hybridized carbons (Fsp3) is 0.650. The Bertz CT molecular complexity index is 528. The zero-order valence-corrected chi connectivity index (χ0v) is 15.0. The number of unbranched alkanes of at least 4 members (excludes halogenated alkanes) is 1. The van der Waals surface area contributed by atoms with E-state index in [1.54, 1.807) is 0 Å². The van der Waals surface area contributed by atoms with Crippen molar-refractivity contribution in [2.45, 2.75) is 51.5 Å². The van der Waals surface area contributed by atoms with Crippen molar-refractivity contribution < 1.29 is 4.79 Å². The van der Waals surface area contributed by atoms with E-state index in [1.165, 1.54) is 44.3 Å². The molecule has 2 fully saturated rings. The minimum Gasteiger partial charge on any atom is -0.326 e. The van der Waals surface area contributed by atoms with Crippen molar-refractivity contribution >= 4 is 11.6 Å². The average molecular weight is 329 g/mol. The summed E-state index contributed by atoms with van der Waals surface area (Å²) in [7, 11) is 0. The summed E-state index contributed by atoms with van der Waals surface area (Å²) in [6.45, 7) is 7.78. The van der Waals surface area contributed by atoms with Crippen LogP contribution in [0.5, 0.6) is 0 Å². The van der Waals surface area contributed by atoms with Crippen molar-refractivity contribution in [2.24, 2.45) is 0 Å². The van der Waals surface area contributed by atoms with Gasteiger partial charge in [0.15, 0.2) is 0 Å². The van der Waals surface area contributed by atoms with Gasteiger partial charge in [0.2, 0.25) is 5.91 Å². The second-order valence-electron chi connectivity index (χ2n) is 7.23. The number of nitrogens with one attached hydrogen (secondary N) is 1. The molecule has 0 saturated carbocycles. The minimum absolute atomic E-state index is 0.130. The van der Waals surface area contributed by atoms with Crippen molar-refractivity contribution in [3.63, 3.8) is 0 Å². The molecule has 1 unspecified atom stereocenters. The summed E-state index contributed by atoms with van der Waals surface area (Å²) in [5.41, 5.74) is 2.27. The molecule has 0 radical (unpaired) electrons. The first-order valence-electron chi connectivity index (χ1n) is 9.60. The third-order valence-electron chi connectivity index (χ3n) is 5.38. The quantitative estimate of drug-likeness (QED) is 0.835. The zero-order chi connectivity index (χ0) is 16.8. The van der Waals surface area contributed by atoms with Gasteiger partial charge in [-0.05, 0) is 49.9 Å². The molecule has 132 valence electrons. The maximum absolute atomic E-state index is 12.2. The van der Waals surface area contributed by atoms with E-state index in [9.17, 15) is 4.79 Å². The Balaban J connectivity index is 1.39. The SMILES string of the molecule is CCCCc1ccc(NC(=O)CCN2CCN3CCCC3C2)cc1. The number of rotatable bonds is 7. The molecule has 2 heterocycles. The van der Waals surface area contributed by atoms with Gasteiger partial charge in [0, 0.05) is 44.3 Å². The van der Waals surface area contributed by atoms with E-state index in [-0.39, 0.29) is 5.91 Å². The van der Waals surface area contributed by atoms with Gasteiger partial charge in [-0.3, -0.25) is 14.6 Å². The molecular weight excluding hydrogens is 298 g/mol. The maximum Gasteiger partial charge on any atom is 0.225 e. The van der Waals surface area contributed by atoms with Crippen LogP contribution >= 0.6 is 0 Å². The van der Waals surface area contributed by atoms with E-state index in [4.69, 9.17) is 0 Å². The third-order valence-corrected chi connectivity index (χ3v) is 5.38. The lowest BCUT2D eigenvalue weighted by atomic mass is 10.1.